The summed E-state index contributed by atoms with van der Waals surface area (Å²) < 4.78 is 6.91. The third kappa shape index (κ3) is 2.36. The normalized spacial score (nSPS) is 17.1. The summed E-state index contributed by atoms with van der Waals surface area (Å²) in [6.07, 6.45) is 3.01. The summed E-state index contributed by atoms with van der Waals surface area (Å²) >= 11 is 1.56. The number of anilines is 1. The molecule has 2 aromatic heterocycles. The zero-order valence-electron chi connectivity index (χ0n) is 11.4. The van der Waals surface area contributed by atoms with Crippen LogP contribution in [0.3, 0.4) is 0 Å². The molecule has 0 aliphatic carbocycles. The van der Waals surface area contributed by atoms with E-state index in [1.54, 1.807) is 22.1 Å². The zero-order valence-corrected chi connectivity index (χ0v) is 12.3. The molecule has 0 radical (unpaired) electrons. The lowest BCUT2D eigenvalue weighted by atomic mass is 10.0. The Bertz CT molecular complexity index is 702. The van der Waals surface area contributed by atoms with Crippen LogP contribution in [0.15, 0.2) is 47.8 Å². The zero-order chi connectivity index (χ0) is 14.8. The van der Waals surface area contributed by atoms with E-state index < -0.39 is 0 Å². The van der Waals surface area contributed by atoms with E-state index in [1.807, 2.05) is 24.4 Å². The van der Waals surface area contributed by atoms with Crippen LogP contribution in [0.4, 0.5) is 5.95 Å². The first-order valence-corrected chi connectivity index (χ1v) is 7.29. The minimum absolute atomic E-state index is 0.178. The Morgan fingerprint density at radius 2 is 2.52 bits per heavy atom. The van der Waals surface area contributed by atoms with Gasteiger partial charge in [0.2, 0.25) is 5.95 Å². The smallest absolute Gasteiger partial charge is 0.338 e. The maximum absolute atomic E-state index is 12.4. The first-order valence-electron chi connectivity index (χ1n) is 6.41. The number of hydrogen-bond donors (Lipinski definition) is 1. The Balaban J connectivity index is 2.06. The van der Waals surface area contributed by atoms with Crippen LogP contribution in [0.2, 0.25) is 0 Å². The SMILES string of the molecule is C=CCOC(=O)C1=C(C)Nc2ncnn2[C@H]1c1cccs1. The molecule has 3 heterocycles. The van der Waals surface area contributed by atoms with Gasteiger partial charge in [-0.3, -0.25) is 0 Å². The minimum atomic E-state index is -0.376. The molecule has 1 aliphatic heterocycles. The maximum atomic E-state index is 12.4. The first-order chi connectivity index (χ1) is 10.2. The molecule has 3 rings (SSSR count). The number of esters is 1. The van der Waals surface area contributed by atoms with Gasteiger partial charge in [0.1, 0.15) is 19.0 Å². The van der Waals surface area contributed by atoms with Crippen molar-refractivity contribution in [1.29, 1.82) is 0 Å². The highest BCUT2D eigenvalue weighted by molar-refractivity contribution is 7.10. The van der Waals surface area contributed by atoms with Gasteiger partial charge in [-0.25, -0.2) is 9.48 Å². The summed E-state index contributed by atoms with van der Waals surface area (Å²) in [7, 11) is 0. The number of carbonyl (C=O) groups excluding carboxylic acids is 1. The molecule has 0 aromatic carbocycles. The van der Waals surface area contributed by atoms with Crippen molar-refractivity contribution in [1.82, 2.24) is 14.8 Å². The molecule has 21 heavy (non-hydrogen) atoms. The molecular formula is C14H14N4O2S. The number of nitrogens with zero attached hydrogens (tertiary/aromatic N) is 3. The molecule has 1 N–H and O–H groups in total. The van der Waals surface area contributed by atoms with Crippen molar-refractivity contribution in [3.05, 3.63) is 52.6 Å². The Hall–Kier alpha value is -2.41. The summed E-state index contributed by atoms with van der Waals surface area (Å²) in [5, 5.41) is 9.28. The molecular weight excluding hydrogens is 288 g/mol. The van der Waals surface area contributed by atoms with Crippen LogP contribution < -0.4 is 5.32 Å². The van der Waals surface area contributed by atoms with E-state index in [1.165, 1.54) is 6.33 Å². The van der Waals surface area contributed by atoms with Crippen LogP contribution in [-0.2, 0) is 9.53 Å². The molecule has 1 aliphatic rings. The lowest BCUT2D eigenvalue weighted by Crippen LogP contribution is -2.29. The van der Waals surface area contributed by atoms with E-state index >= 15 is 0 Å². The predicted octanol–water partition coefficient (Wildman–Crippen LogP) is 2.36. The monoisotopic (exact) mass is 302 g/mol. The first kappa shape index (κ1) is 13.6. The number of ether oxygens (including phenoxy) is 1. The predicted molar refractivity (Wildman–Crippen MR) is 80.0 cm³/mol. The molecule has 7 heteroatoms. The van der Waals surface area contributed by atoms with E-state index in [0.29, 0.717) is 11.5 Å². The molecule has 0 saturated carbocycles. The van der Waals surface area contributed by atoms with Gasteiger partial charge in [0, 0.05) is 10.6 Å². The number of rotatable bonds is 4. The Labute approximate surface area is 125 Å². The second-order valence-electron chi connectivity index (χ2n) is 4.50. The molecule has 0 fully saturated rings. The summed E-state index contributed by atoms with van der Waals surface area (Å²) in [4.78, 5) is 17.6. The van der Waals surface area contributed by atoms with Gasteiger partial charge in [0.05, 0.1) is 5.57 Å². The van der Waals surface area contributed by atoms with E-state index in [9.17, 15) is 4.79 Å². The largest absolute Gasteiger partial charge is 0.458 e. The van der Waals surface area contributed by atoms with Gasteiger partial charge in [-0.2, -0.15) is 10.1 Å². The van der Waals surface area contributed by atoms with E-state index in [-0.39, 0.29) is 18.6 Å². The second-order valence-corrected chi connectivity index (χ2v) is 5.48. The van der Waals surface area contributed by atoms with Crippen molar-refractivity contribution in [2.45, 2.75) is 13.0 Å². The fourth-order valence-electron chi connectivity index (χ4n) is 2.28. The average Bonchev–Trinajstić information content (AvgIpc) is 3.13. The van der Waals surface area contributed by atoms with Gasteiger partial charge in [0.25, 0.3) is 0 Å². The van der Waals surface area contributed by atoms with E-state index in [0.717, 1.165) is 10.6 Å². The lowest BCUT2D eigenvalue weighted by molar-refractivity contribution is -0.138. The third-order valence-electron chi connectivity index (χ3n) is 3.16. The van der Waals surface area contributed by atoms with Crippen molar-refractivity contribution < 1.29 is 9.53 Å². The summed E-state index contributed by atoms with van der Waals surface area (Å²) in [6.45, 7) is 5.57. The quantitative estimate of drug-likeness (QED) is 0.693. The summed E-state index contributed by atoms with van der Waals surface area (Å²) in [5.74, 6) is 0.241. The minimum Gasteiger partial charge on any atom is -0.458 e. The van der Waals surface area contributed by atoms with Gasteiger partial charge < -0.3 is 10.1 Å². The molecule has 2 aromatic rings. The fraction of sp³-hybridized carbons (Fsp3) is 0.214. The molecule has 108 valence electrons. The number of fused-ring (bicyclic) bond motifs is 1. The van der Waals surface area contributed by atoms with Gasteiger partial charge in [-0.1, -0.05) is 18.7 Å². The Morgan fingerprint density at radius 3 is 3.24 bits per heavy atom. The number of aromatic nitrogens is 3. The number of hydrogen-bond acceptors (Lipinski definition) is 6. The molecule has 6 nitrogen and oxygen atoms in total. The highest BCUT2D eigenvalue weighted by atomic mass is 32.1. The topological polar surface area (TPSA) is 69.0 Å². The molecule has 1 atom stereocenters. The van der Waals surface area contributed by atoms with Crippen LogP contribution in [-0.4, -0.2) is 27.3 Å². The van der Waals surface area contributed by atoms with E-state index in [2.05, 4.69) is 22.0 Å². The van der Waals surface area contributed by atoms with Crippen LogP contribution in [0.1, 0.15) is 17.8 Å². The molecule has 0 amide bonds. The summed E-state index contributed by atoms with van der Waals surface area (Å²) in [5.41, 5.74) is 1.26. The van der Waals surface area contributed by atoms with Crippen LogP contribution in [0.25, 0.3) is 0 Å². The number of allylic oxidation sites excluding steroid dienone is 1. The van der Waals surface area contributed by atoms with Gasteiger partial charge in [-0.15, -0.1) is 11.3 Å². The maximum Gasteiger partial charge on any atom is 0.338 e. The van der Waals surface area contributed by atoms with Crippen molar-refractivity contribution in [2.75, 3.05) is 11.9 Å². The van der Waals surface area contributed by atoms with Crippen LogP contribution in [0.5, 0.6) is 0 Å². The summed E-state index contributed by atoms with van der Waals surface area (Å²) in [6, 6.07) is 3.60. The number of thiophene rings is 1. The lowest BCUT2D eigenvalue weighted by Gasteiger charge is -2.27. The molecule has 0 spiro atoms. The highest BCUT2D eigenvalue weighted by Crippen LogP contribution is 2.36. The molecule has 0 saturated heterocycles. The highest BCUT2D eigenvalue weighted by Gasteiger charge is 2.34. The Kier molecular flexibility index (Phi) is 3.57. The van der Waals surface area contributed by atoms with E-state index in [4.69, 9.17) is 4.74 Å². The Morgan fingerprint density at radius 1 is 1.67 bits per heavy atom. The standard InChI is InChI=1S/C14H14N4O2S/c1-3-6-20-13(19)11-9(2)17-14-15-8-16-18(14)12(11)10-5-4-7-21-10/h3-5,7-8,12H,1,6H2,2H3,(H,15,16,17)/t12-/m0/s1. The van der Waals surface area contributed by atoms with Gasteiger partial charge in [-0.05, 0) is 18.4 Å². The van der Waals surface area contributed by atoms with Crippen molar-refractivity contribution >= 4 is 23.3 Å². The van der Waals surface area contributed by atoms with Crippen LogP contribution >= 0.6 is 11.3 Å². The second kappa shape index (κ2) is 5.53. The van der Waals surface area contributed by atoms with Gasteiger partial charge in [0.15, 0.2) is 0 Å². The fourth-order valence-corrected chi connectivity index (χ4v) is 3.10. The van der Waals surface area contributed by atoms with Crippen LogP contribution in [0, 0.1) is 0 Å². The van der Waals surface area contributed by atoms with Crippen molar-refractivity contribution in [3.8, 4) is 0 Å². The third-order valence-corrected chi connectivity index (χ3v) is 4.08. The van der Waals surface area contributed by atoms with Crippen molar-refractivity contribution in [3.63, 3.8) is 0 Å². The number of nitrogens with one attached hydrogen (secondary N) is 1. The van der Waals surface area contributed by atoms with Crippen molar-refractivity contribution in [2.24, 2.45) is 0 Å². The number of carbonyl (C=O) groups is 1. The average molecular weight is 302 g/mol. The molecule has 0 bridgehead atoms. The molecule has 0 unspecified atom stereocenters. The van der Waals surface area contributed by atoms with Gasteiger partial charge >= 0.3 is 5.97 Å².